The second-order valence-corrected chi connectivity index (χ2v) is 3.24. The molecule has 0 fully saturated rings. The fraction of sp³-hybridized carbons (Fsp3) is 0.100. The molecule has 0 atom stereocenters. The van der Waals surface area contributed by atoms with Crippen molar-refractivity contribution in [3.8, 4) is 5.69 Å². The predicted molar refractivity (Wildman–Crippen MR) is 58.2 cm³/mol. The lowest BCUT2D eigenvalue weighted by molar-refractivity contribution is 0.879. The van der Waals surface area contributed by atoms with E-state index in [0.717, 1.165) is 11.3 Å². The maximum atomic E-state index is 10.5. The first-order valence-electron chi connectivity index (χ1n) is 4.46. The van der Waals surface area contributed by atoms with Crippen LogP contribution in [-0.2, 0) is 0 Å². The molecular formula is C10H10N4O. The molecule has 1 aromatic carbocycles. The zero-order valence-electron chi connectivity index (χ0n) is 8.21. The van der Waals surface area contributed by atoms with Crippen LogP contribution in [0.15, 0.2) is 35.8 Å². The zero-order chi connectivity index (χ0) is 10.8. The molecule has 0 bridgehead atoms. The van der Waals surface area contributed by atoms with Crippen LogP contribution < -0.4 is 5.73 Å². The molecule has 0 spiro atoms. The molecule has 15 heavy (non-hydrogen) atoms. The molecule has 0 unspecified atom stereocenters. The molecule has 0 saturated heterocycles. The molecule has 2 rings (SSSR count). The Labute approximate surface area is 86.5 Å². The largest absolute Gasteiger partial charge is 0.397 e. The lowest BCUT2D eigenvalue weighted by Crippen LogP contribution is -1.97. The summed E-state index contributed by atoms with van der Waals surface area (Å²) in [7, 11) is 0. The smallest absolute Gasteiger partial charge is 0.133 e. The quantitative estimate of drug-likeness (QED) is 0.599. The van der Waals surface area contributed by atoms with Gasteiger partial charge in [-0.05, 0) is 35.9 Å². The third kappa shape index (κ3) is 1.59. The first-order chi connectivity index (χ1) is 7.22. The summed E-state index contributed by atoms with van der Waals surface area (Å²) >= 11 is 0. The lowest BCUT2D eigenvalue weighted by atomic mass is 10.1. The number of nitrogens with zero attached hydrogens (tertiary/aromatic N) is 3. The minimum atomic E-state index is 0.297. The van der Waals surface area contributed by atoms with Gasteiger partial charge in [-0.15, -0.1) is 4.91 Å². The molecule has 5 nitrogen and oxygen atoms in total. The van der Waals surface area contributed by atoms with E-state index in [1.807, 2.05) is 18.3 Å². The number of hydrogen-bond donors (Lipinski definition) is 1. The standard InChI is InChI=1S/C10H10N4O/c1-7-5-8(14-4-2-3-12-14)6-9(11)10(7)13-15/h2-6H,11H2,1H3. The summed E-state index contributed by atoms with van der Waals surface area (Å²) in [4.78, 5) is 10.5. The molecule has 0 aliphatic heterocycles. The maximum Gasteiger partial charge on any atom is 0.133 e. The molecular weight excluding hydrogens is 192 g/mol. The number of anilines is 1. The van der Waals surface area contributed by atoms with Gasteiger partial charge in [0.2, 0.25) is 0 Å². The van der Waals surface area contributed by atoms with Crippen molar-refractivity contribution < 1.29 is 0 Å². The summed E-state index contributed by atoms with van der Waals surface area (Å²) in [6.07, 6.45) is 3.49. The molecule has 76 valence electrons. The number of rotatable bonds is 2. The van der Waals surface area contributed by atoms with E-state index >= 15 is 0 Å². The highest BCUT2D eigenvalue weighted by molar-refractivity contribution is 5.69. The number of hydrogen-bond acceptors (Lipinski definition) is 4. The molecule has 5 heteroatoms. The Bertz CT molecular complexity index is 467. The number of aryl methyl sites for hydroxylation is 1. The van der Waals surface area contributed by atoms with Gasteiger partial charge in [-0.25, -0.2) is 4.68 Å². The summed E-state index contributed by atoms with van der Waals surface area (Å²) in [6, 6.07) is 5.31. The van der Waals surface area contributed by atoms with Crippen LogP contribution in [0.5, 0.6) is 0 Å². The predicted octanol–water partition coefficient (Wildman–Crippen LogP) is 2.16. The third-order valence-corrected chi connectivity index (χ3v) is 2.17. The molecule has 1 aromatic heterocycles. The van der Waals surface area contributed by atoms with E-state index in [9.17, 15) is 4.91 Å². The van der Waals surface area contributed by atoms with E-state index < -0.39 is 0 Å². The van der Waals surface area contributed by atoms with E-state index in [4.69, 9.17) is 5.73 Å². The summed E-state index contributed by atoms with van der Waals surface area (Å²) in [5, 5.41) is 6.96. The molecule has 0 aliphatic rings. The average molecular weight is 202 g/mol. The second-order valence-electron chi connectivity index (χ2n) is 3.24. The van der Waals surface area contributed by atoms with Crippen LogP contribution >= 0.6 is 0 Å². The van der Waals surface area contributed by atoms with Gasteiger partial charge >= 0.3 is 0 Å². The Kier molecular flexibility index (Phi) is 2.21. The van der Waals surface area contributed by atoms with E-state index in [0.29, 0.717) is 11.4 Å². The van der Waals surface area contributed by atoms with Gasteiger partial charge in [0.1, 0.15) is 5.69 Å². The van der Waals surface area contributed by atoms with E-state index in [2.05, 4.69) is 10.3 Å². The molecule has 0 radical (unpaired) electrons. The Hall–Kier alpha value is -2.17. The highest BCUT2D eigenvalue weighted by Crippen LogP contribution is 2.28. The van der Waals surface area contributed by atoms with Crippen LogP contribution in [0.2, 0.25) is 0 Å². The van der Waals surface area contributed by atoms with Gasteiger partial charge in [0.15, 0.2) is 0 Å². The number of nitrogen functional groups attached to an aromatic ring is 1. The molecule has 2 N–H and O–H groups in total. The number of aromatic nitrogens is 2. The van der Waals surface area contributed by atoms with Crippen LogP contribution in [0, 0.1) is 11.8 Å². The lowest BCUT2D eigenvalue weighted by Gasteiger charge is -2.06. The first kappa shape index (κ1) is 9.39. The highest BCUT2D eigenvalue weighted by Gasteiger charge is 2.07. The van der Waals surface area contributed by atoms with Crippen molar-refractivity contribution >= 4 is 11.4 Å². The average Bonchev–Trinajstić information content (AvgIpc) is 2.69. The first-order valence-corrected chi connectivity index (χ1v) is 4.46. The Morgan fingerprint density at radius 1 is 1.47 bits per heavy atom. The van der Waals surface area contributed by atoms with Crippen molar-refractivity contribution in [3.05, 3.63) is 41.1 Å². The topological polar surface area (TPSA) is 73.3 Å². The normalized spacial score (nSPS) is 10.2. The fourth-order valence-electron chi connectivity index (χ4n) is 1.47. The van der Waals surface area contributed by atoms with Crippen LogP contribution in [-0.4, -0.2) is 9.78 Å². The molecule has 0 aliphatic carbocycles. The van der Waals surface area contributed by atoms with E-state index in [1.165, 1.54) is 0 Å². The SMILES string of the molecule is Cc1cc(-n2cccn2)cc(N)c1N=O. The molecule has 0 amide bonds. The van der Waals surface area contributed by atoms with Gasteiger partial charge in [-0.2, -0.15) is 5.10 Å². The van der Waals surface area contributed by atoms with Gasteiger partial charge in [0, 0.05) is 12.4 Å². The van der Waals surface area contributed by atoms with E-state index in [1.54, 1.807) is 23.9 Å². The van der Waals surface area contributed by atoms with Gasteiger partial charge in [0.25, 0.3) is 0 Å². The summed E-state index contributed by atoms with van der Waals surface area (Å²) < 4.78 is 1.68. The Morgan fingerprint density at radius 2 is 2.27 bits per heavy atom. The van der Waals surface area contributed by atoms with Crippen molar-refractivity contribution in [2.45, 2.75) is 6.92 Å². The van der Waals surface area contributed by atoms with Gasteiger partial charge < -0.3 is 5.73 Å². The summed E-state index contributed by atoms with van der Waals surface area (Å²) in [5.41, 5.74) is 7.94. The number of benzene rings is 1. The Morgan fingerprint density at radius 3 is 2.80 bits per heavy atom. The van der Waals surface area contributed by atoms with E-state index in [-0.39, 0.29) is 0 Å². The maximum absolute atomic E-state index is 10.5. The Balaban J connectivity index is 2.58. The summed E-state index contributed by atoms with van der Waals surface area (Å²) in [5.74, 6) is 0. The van der Waals surface area contributed by atoms with Crippen molar-refractivity contribution in [1.82, 2.24) is 9.78 Å². The fourth-order valence-corrected chi connectivity index (χ4v) is 1.47. The second kappa shape index (κ2) is 3.53. The monoisotopic (exact) mass is 202 g/mol. The zero-order valence-corrected chi connectivity index (χ0v) is 8.21. The molecule has 0 saturated carbocycles. The molecule has 2 aromatic rings. The number of nitrogens with two attached hydrogens (primary N) is 1. The minimum absolute atomic E-state index is 0.297. The summed E-state index contributed by atoms with van der Waals surface area (Å²) in [6.45, 7) is 1.79. The minimum Gasteiger partial charge on any atom is -0.397 e. The van der Waals surface area contributed by atoms with Crippen LogP contribution in [0.25, 0.3) is 5.69 Å². The van der Waals surface area contributed by atoms with Crippen LogP contribution in [0.3, 0.4) is 0 Å². The third-order valence-electron chi connectivity index (χ3n) is 2.17. The van der Waals surface area contributed by atoms with Crippen LogP contribution in [0.4, 0.5) is 11.4 Å². The van der Waals surface area contributed by atoms with Gasteiger partial charge in [-0.3, -0.25) is 0 Å². The molecule has 1 heterocycles. The van der Waals surface area contributed by atoms with Gasteiger partial charge in [0.05, 0.1) is 11.4 Å². The van der Waals surface area contributed by atoms with Crippen molar-refractivity contribution in [2.75, 3.05) is 5.73 Å². The van der Waals surface area contributed by atoms with Crippen LogP contribution in [0.1, 0.15) is 5.56 Å². The number of nitroso groups, excluding NO2 is 1. The highest BCUT2D eigenvalue weighted by atomic mass is 16.3. The van der Waals surface area contributed by atoms with Crippen molar-refractivity contribution in [3.63, 3.8) is 0 Å². The van der Waals surface area contributed by atoms with Crippen molar-refractivity contribution in [2.24, 2.45) is 5.18 Å². The van der Waals surface area contributed by atoms with Crippen molar-refractivity contribution in [1.29, 1.82) is 0 Å². The van der Waals surface area contributed by atoms with Gasteiger partial charge in [-0.1, -0.05) is 0 Å².